The molecule has 0 bridgehead atoms. The Labute approximate surface area is 155 Å². The zero-order chi connectivity index (χ0) is 18.2. The Kier molecular flexibility index (Phi) is 6.28. The van der Waals surface area contributed by atoms with Gasteiger partial charge < -0.3 is 4.74 Å². The molecule has 0 aliphatic heterocycles. The minimum absolute atomic E-state index is 0.465. The highest BCUT2D eigenvalue weighted by molar-refractivity contribution is 7.72. The maximum Gasteiger partial charge on any atom is 0.376 e. The maximum atomic E-state index is 11.4. The second kappa shape index (κ2) is 9.06. The molecule has 0 N–H and O–H groups in total. The van der Waals surface area contributed by atoms with E-state index in [2.05, 4.69) is 65.1 Å². The van der Waals surface area contributed by atoms with E-state index in [9.17, 15) is 5.11 Å². The third-order valence-electron chi connectivity index (χ3n) is 4.05. The first-order chi connectivity index (χ1) is 12.8. The summed E-state index contributed by atoms with van der Waals surface area (Å²) in [6.07, 6.45) is 2.61. The van der Waals surface area contributed by atoms with Gasteiger partial charge in [-0.25, -0.2) is 5.11 Å². The second-order valence-electron chi connectivity index (χ2n) is 5.74. The molecular formula is C23H20O2P. The number of benzene rings is 3. The summed E-state index contributed by atoms with van der Waals surface area (Å²) >= 11 is 0. The average Bonchev–Trinajstić information content (AvgIpc) is 2.72. The molecule has 0 saturated carbocycles. The van der Waals surface area contributed by atoms with Crippen molar-refractivity contribution in [3.8, 4) is 0 Å². The Morgan fingerprint density at radius 1 is 0.885 bits per heavy atom. The maximum absolute atomic E-state index is 11.4. The van der Waals surface area contributed by atoms with E-state index in [1.807, 2.05) is 30.3 Å². The number of hydrogen-bond acceptors (Lipinski definition) is 1. The summed E-state index contributed by atoms with van der Waals surface area (Å²) in [6, 6.07) is 29.3. The molecule has 0 fully saturated rings. The molecular weight excluding hydrogens is 339 g/mol. The van der Waals surface area contributed by atoms with Crippen LogP contribution >= 0.6 is 7.92 Å². The first kappa shape index (κ1) is 18.0. The number of hydrogen-bond donors (Lipinski definition) is 0. The summed E-state index contributed by atoms with van der Waals surface area (Å²) in [7, 11) is 0.823. The summed E-state index contributed by atoms with van der Waals surface area (Å²) in [5, 5.41) is 14.1. The van der Waals surface area contributed by atoms with Crippen molar-refractivity contribution >= 4 is 24.6 Å². The lowest BCUT2D eigenvalue weighted by atomic mass is 10.1. The van der Waals surface area contributed by atoms with Crippen LogP contribution in [-0.4, -0.2) is 7.11 Å². The highest BCUT2D eigenvalue weighted by Gasteiger charge is 2.15. The number of methoxy groups -OCH3 is 1. The van der Waals surface area contributed by atoms with Gasteiger partial charge in [0, 0.05) is 6.16 Å². The first-order valence-corrected chi connectivity index (χ1v) is 9.94. The Balaban J connectivity index is 2.00. The summed E-state index contributed by atoms with van der Waals surface area (Å²) in [5.41, 5.74) is 4.86. The molecule has 0 aromatic heterocycles. The molecule has 0 heterocycles. The lowest BCUT2D eigenvalue weighted by Gasteiger charge is -2.20. The molecule has 0 saturated heterocycles. The predicted octanol–water partition coefficient (Wildman–Crippen LogP) is 4.85. The van der Waals surface area contributed by atoms with Gasteiger partial charge in [-0.2, -0.15) is 0 Å². The van der Waals surface area contributed by atoms with Crippen LogP contribution in [0.5, 0.6) is 0 Å². The average molecular weight is 359 g/mol. The summed E-state index contributed by atoms with van der Waals surface area (Å²) in [6.45, 7) is 0. The first-order valence-electron chi connectivity index (χ1n) is 8.41. The second-order valence-corrected chi connectivity index (χ2v) is 7.94. The third kappa shape index (κ3) is 4.64. The van der Waals surface area contributed by atoms with Crippen LogP contribution in [-0.2, 0) is 16.0 Å². The smallest absolute Gasteiger partial charge is 0.376 e. The van der Waals surface area contributed by atoms with Crippen molar-refractivity contribution < 1.29 is 9.84 Å². The molecule has 0 amide bonds. The molecule has 0 aliphatic carbocycles. The number of rotatable bonds is 6. The van der Waals surface area contributed by atoms with Crippen molar-refractivity contribution in [2.45, 2.75) is 6.16 Å². The molecule has 3 heteroatoms. The van der Waals surface area contributed by atoms with Crippen LogP contribution in [0.2, 0.25) is 0 Å². The van der Waals surface area contributed by atoms with Gasteiger partial charge >= 0.3 is 5.95 Å². The van der Waals surface area contributed by atoms with Crippen molar-refractivity contribution in [2.75, 3.05) is 7.11 Å². The fourth-order valence-corrected chi connectivity index (χ4v) is 5.09. The van der Waals surface area contributed by atoms with E-state index in [-0.39, 0.29) is 0 Å². The topological polar surface area (TPSA) is 29.1 Å². The molecule has 129 valence electrons. The van der Waals surface area contributed by atoms with E-state index in [0.29, 0.717) is 0 Å². The van der Waals surface area contributed by atoms with Gasteiger partial charge in [0.15, 0.2) is 0 Å². The van der Waals surface area contributed by atoms with E-state index < -0.39 is 13.9 Å². The van der Waals surface area contributed by atoms with Crippen LogP contribution in [0.25, 0.3) is 6.08 Å². The van der Waals surface area contributed by atoms with Gasteiger partial charge in [-0.3, -0.25) is 0 Å². The lowest BCUT2D eigenvalue weighted by molar-refractivity contribution is 0.0880. The largest absolute Gasteiger partial charge is 0.460 e. The molecule has 0 atom stereocenters. The Bertz CT molecular complexity index is 858. The van der Waals surface area contributed by atoms with Crippen molar-refractivity contribution in [1.29, 1.82) is 0 Å². The highest BCUT2D eigenvalue weighted by Crippen LogP contribution is 2.38. The van der Waals surface area contributed by atoms with Gasteiger partial charge in [0.1, 0.15) is 0 Å². The molecule has 0 aliphatic rings. The van der Waals surface area contributed by atoms with E-state index in [1.54, 1.807) is 6.08 Å². The minimum Gasteiger partial charge on any atom is -0.460 e. The standard InChI is InChI=1S/C23H20O2P/c1-25-23(24)17-16-19-10-8-9-11-20(19)18-26(21-12-4-2-5-13-21)22-14-6-3-7-15-22/h2-16H,18H2,1H3. The molecule has 3 aromatic carbocycles. The summed E-state index contributed by atoms with van der Waals surface area (Å²) in [4.78, 5) is 0. The zero-order valence-corrected chi connectivity index (χ0v) is 15.5. The van der Waals surface area contributed by atoms with Crippen LogP contribution in [0.3, 0.4) is 0 Å². The Morgan fingerprint density at radius 3 is 2.00 bits per heavy atom. The summed E-state index contributed by atoms with van der Waals surface area (Å²) < 4.78 is 4.65. The Hall–Kier alpha value is -2.79. The lowest BCUT2D eigenvalue weighted by Crippen LogP contribution is -2.13. The van der Waals surface area contributed by atoms with E-state index in [0.717, 1.165) is 11.7 Å². The molecule has 2 nitrogen and oxygen atoms in total. The van der Waals surface area contributed by atoms with Gasteiger partial charge in [0.25, 0.3) is 0 Å². The van der Waals surface area contributed by atoms with Gasteiger partial charge in [0.05, 0.1) is 7.11 Å². The quantitative estimate of drug-likeness (QED) is 0.351. The van der Waals surface area contributed by atoms with Crippen LogP contribution in [0.4, 0.5) is 0 Å². The monoisotopic (exact) mass is 359 g/mol. The van der Waals surface area contributed by atoms with Crippen LogP contribution < -0.4 is 10.6 Å². The van der Waals surface area contributed by atoms with Gasteiger partial charge in [-0.05, 0) is 41.5 Å². The summed E-state index contributed by atoms with van der Waals surface area (Å²) in [5.74, 6) is -0.465. The Morgan fingerprint density at radius 2 is 1.42 bits per heavy atom. The highest BCUT2D eigenvalue weighted by atomic mass is 31.1. The van der Waals surface area contributed by atoms with Crippen molar-refractivity contribution in [3.05, 3.63) is 108 Å². The van der Waals surface area contributed by atoms with Crippen LogP contribution in [0, 0.1) is 0 Å². The number of ether oxygens (including phenoxy) is 1. The van der Waals surface area contributed by atoms with Gasteiger partial charge in [0.2, 0.25) is 0 Å². The van der Waals surface area contributed by atoms with Crippen molar-refractivity contribution in [1.82, 2.24) is 0 Å². The molecule has 3 rings (SSSR count). The fraction of sp³-hybridized carbons (Fsp3) is 0.0870. The zero-order valence-electron chi connectivity index (χ0n) is 14.6. The van der Waals surface area contributed by atoms with Crippen LogP contribution in [0.15, 0.2) is 96.6 Å². The fourth-order valence-electron chi connectivity index (χ4n) is 2.73. The predicted molar refractivity (Wildman–Crippen MR) is 108 cm³/mol. The molecule has 1 radical (unpaired) electrons. The van der Waals surface area contributed by atoms with Crippen molar-refractivity contribution in [2.24, 2.45) is 0 Å². The van der Waals surface area contributed by atoms with Gasteiger partial charge in [-0.1, -0.05) is 84.9 Å². The van der Waals surface area contributed by atoms with E-state index in [1.165, 1.54) is 23.3 Å². The SMILES string of the molecule is COC([O])=C=Cc1ccccc1CP(c1ccccc1)c1ccccc1. The van der Waals surface area contributed by atoms with Crippen LogP contribution in [0.1, 0.15) is 11.1 Å². The third-order valence-corrected chi connectivity index (χ3v) is 6.55. The molecule has 26 heavy (non-hydrogen) atoms. The van der Waals surface area contributed by atoms with Gasteiger partial charge in [-0.15, -0.1) is 0 Å². The normalized spacial score (nSPS) is 10.2. The molecule has 0 unspecified atom stereocenters. The molecule has 3 aromatic rings. The van der Waals surface area contributed by atoms with Crippen molar-refractivity contribution in [3.63, 3.8) is 0 Å². The van der Waals surface area contributed by atoms with E-state index >= 15 is 0 Å². The molecule has 0 spiro atoms. The van der Waals surface area contributed by atoms with E-state index in [4.69, 9.17) is 0 Å². The minimum atomic E-state index is -0.537.